The van der Waals surface area contributed by atoms with E-state index in [0.29, 0.717) is 37.7 Å². The normalized spacial score (nSPS) is 14.2. The van der Waals surface area contributed by atoms with Gasteiger partial charge < -0.3 is 19.7 Å². The van der Waals surface area contributed by atoms with Crippen molar-refractivity contribution in [3.63, 3.8) is 0 Å². The highest BCUT2D eigenvalue weighted by atomic mass is 16.5. The Morgan fingerprint density at radius 3 is 2.62 bits per heavy atom. The topological polar surface area (TPSA) is 85.7 Å². The monoisotopic (exact) mass is 358 g/mol. The van der Waals surface area contributed by atoms with Crippen molar-refractivity contribution in [1.29, 1.82) is 0 Å². The van der Waals surface area contributed by atoms with Gasteiger partial charge in [0.2, 0.25) is 5.91 Å². The van der Waals surface area contributed by atoms with Gasteiger partial charge in [-0.15, -0.1) is 0 Å². The second-order valence-electron chi connectivity index (χ2n) is 6.01. The predicted molar refractivity (Wildman–Crippen MR) is 97.8 cm³/mol. The highest BCUT2D eigenvalue weighted by Gasteiger charge is 2.21. The number of benzene rings is 1. The third kappa shape index (κ3) is 4.02. The lowest BCUT2D eigenvalue weighted by Crippen LogP contribution is -2.41. The molecule has 1 fully saturated rings. The van der Waals surface area contributed by atoms with Gasteiger partial charge in [-0.2, -0.15) is 5.10 Å². The van der Waals surface area contributed by atoms with Gasteiger partial charge in [0.1, 0.15) is 11.4 Å². The molecule has 1 saturated heterocycles. The van der Waals surface area contributed by atoms with Crippen molar-refractivity contribution >= 4 is 17.3 Å². The number of nitrogens with one attached hydrogen (secondary N) is 1. The maximum atomic E-state index is 12.6. The first-order chi connectivity index (χ1) is 12.6. The van der Waals surface area contributed by atoms with Gasteiger partial charge in [0.25, 0.3) is 5.56 Å². The Bertz CT molecular complexity index is 826. The Morgan fingerprint density at radius 2 is 1.96 bits per heavy atom. The molecule has 138 valence electrons. The van der Waals surface area contributed by atoms with Crippen LogP contribution in [0.3, 0.4) is 0 Å². The fourth-order valence-electron chi connectivity index (χ4n) is 2.83. The standard InChI is InChI=1S/C18H22N4O4/c1-21-18(24)17(22-7-9-26-10-8-22)15(12-19-21)20-16(23)11-13-3-5-14(25-2)6-4-13/h3-6,12H,7-11H2,1-2H3,(H,20,23). The largest absolute Gasteiger partial charge is 0.497 e. The molecule has 3 rings (SSSR count). The molecule has 1 aliphatic rings. The molecule has 2 heterocycles. The lowest BCUT2D eigenvalue weighted by Gasteiger charge is -2.29. The smallest absolute Gasteiger partial charge is 0.292 e. The van der Waals surface area contributed by atoms with Crippen molar-refractivity contribution < 1.29 is 14.3 Å². The first kappa shape index (κ1) is 17.9. The number of carbonyl (C=O) groups is 1. The van der Waals surface area contributed by atoms with Gasteiger partial charge in [-0.25, -0.2) is 4.68 Å². The van der Waals surface area contributed by atoms with E-state index in [1.54, 1.807) is 14.2 Å². The van der Waals surface area contributed by atoms with Crippen molar-refractivity contribution in [2.24, 2.45) is 7.05 Å². The molecule has 0 saturated carbocycles. The minimum Gasteiger partial charge on any atom is -0.497 e. The Kier molecular flexibility index (Phi) is 5.52. The van der Waals surface area contributed by atoms with Crippen molar-refractivity contribution in [2.45, 2.75) is 6.42 Å². The van der Waals surface area contributed by atoms with Gasteiger partial charge in [0.05, 0.1) is 38.6 Å². The van der Waals surface area contributed by atoms with Gasteiger partial charge in [-0.3, -0.25) is 9.59 Å². The molecule has 26 heavy (non-hydrogen) atoms. The van der Waals surface area contributed by atoms with Crippen molar-refractivity contribution in [3.05, 3.63) is 46.4 Å². The van der Waals surface area contributed by atoms with E-state index in [9.17, 15) is 9.59 Å². The van der Waals surface area contributed by atoms with Crippen LogP contribution in [0.2, 0.25) is 0 Å². The number of methoxy groups -OCH3 is 1. The number of hydrogen-bond acceptors (Lipinski definition) is 6. The van der Waals surface area contributed by atoms with Crippen molar-refractivity contribution in [3.8, 4) is 5.75 Å². The minimum absolute atomic E-state index is 0.196. The number of nitrogens with zero attached hydrogens (tertiary/aromatic N) is 3. The third-order valence-electron chi connectivity index (χ3n) is 4.24. The molecule has 1 N–H and O–H groups in total. The molecule has 8 heteroatoms. The summed E-state index contributed by atoms with van der Waals surface area (Å²) in [6.07, 6.45) is 1.71. The molecule has 0 atom stereocenters. The molecule has 0 aliphatic carbocycles. The predicted octanol–water partition coefficient (Wildman–Crippen LogP) is 0.807. The second-order valence-corrected chi connectivity index (χ2v) is 6.01. The van der Waals surface area contributed by atoms with Gasteiger partial charge in [0, 0.05) is 20.1 Å². The Hall–Kier alpha value is -2.87. The van der Waals surface area contributed by atoms with E-state index in [-0.39, 0.29) is 17.9 Å². The van der Waals surface area contributed by atoms with Crippen LogP contribution in [0.15, 0.2) is 35.3 Å². The zero-order valence-electron chi connectivity index (χ0n) is 14.9. The summed E-state index contributed by atoms with van der Waals surface area (Å²) in [6.45, 7) is 2.29. The molecule has 1 aliphatic heterocycles. The molecule has 1 aromatic heterocycles. The van der Waals surface area contributed by atoms with Crippen LogP contribution in [0, 0.1) is 0 Å². The maximum Gasteiger partial charge on any atom is 0.292 e. The number of aryl methyl sites for hydroxylation is 1. The summed E-state index contributed by atoms with van der Waals surface area (Å²) < 4.78 is 11.7. The summed E-state index contributed by atoms with van der Waals surface area (Å²) in [4.78, 5) is 26.9. The van der Waals surface area contributed by atoms with E-state index in [0.717, 1.165) is 11.3 Å². The molecule has 1 amide bonds. The molecule has 0 radical (unpaired) electrons. The van der Waals surface area contributed by atoms with E-state index in [1.165, 1.54) is 10.9 Å². The summed E-state index contributed by atoms with van der Waals surface area (Å²) in [5.41, 5.74) is 1.49. The van der Waals surface area contributed by atoms with E-state index >= 15 is 0 Å². The first-order valence-corrected chi connectivity index (χ1v) is 8.40. The van der Waals surface area contributed by atoms with Crippen LogP contribution in [0.1, 0.15) is 5.56 Å². The zero-order chi connectivity index (χ0) is 18.5. The molecular weight excluding hydrogens is 336 g/mol. The quantitative estimate of drug-likeness (QED) is 0.851. The molecule has 0 bridgehead atoms. The molecular formula is C18H22N4O4. The van der Waals surface area contributed by atoms with Crippen LogP contribution in [0.5, 0.6) is 5.75 Å². The Labute approximate surface area is 151 Å². The fraction of sp³-hybridized carbons (Fsp3) is 0.389. The molecule has 8 nitrogen and oxygen atoms in total. The van der Waals surface area contributed by atoms with E-state index < -0.39 is 0 Å². The number of ether oxygens (including phenoxy) is 2. The SMILES string of the molecule is COc1ccc(CC(=O)Nc2cnn(C)c(=O)c2N2CCOCC2)cc1. The number of rotatable bonds is 5. The third-order valence-corrected chi connectivity index (χ3v) is 4.24. The number of morpholine rings is 1. The van der Waals surface area contributed by atoms with Gasteiger partial charge >= 0.3 is 0 Å². The van der Waals surface area contributed by atoms with Gasteiger partial charge in [0.15, 0.2) is 0 Å². The number of hydrogen-bond donors (Lipinski definition) is 1. The number of anilines is 2. The first-order valence-electron chi connectivity index (χ1n) is 8.40. The van der Waals surface area contributed by atoms with E-state index in [2.05, 4.69) is 10.4 Å². The van der Waals surface area contributed by atoms with E-state index in [4.69, 9.17) is 9.47 Å². The van der Waals surface area contributed by atoms with Crippen LogP contribution < -0.4 is 20.5 Å². The second kappa shape index (κ2) is 8.01. The highest BCUT2D eigenvalue weighted by Crippen LogP contribution is 2.22. The summed E-state index contributed by atoms with van der Waals surface area (Å²) in [5, 5.41) is 6.86. The van der Waals surface area contributed by atoms with Crippen molar-refractivity contribution in [2.75, 3.05) is 43.6 Å². The van der Waals surface area contributed by atoms with Crippen molar-refractivity contribution in [1.82, 2.24) is 9.78 Å². The van der Waals surface area contributed by atoms with Gasteiger partial charge in [-0.1, -0.05) is 12.1 Å². The molecule has 2 aromatic rings. The van der Waals surface area contributed by atoms with E-state index in [1.807, 2.05) is 29.2 Å². The molecule has 0 unspecified atom stereocenters. The maximum absolute atomic E-state index is 12.6. The lowest BCUT2D eigenvalue weighted by molar-refractivity contribution is -0.115. The number of carbonyl (C=O) groups excluding carboxylic acids is 1. The Morgan fingerprint density at radius 1 is 1.27 bits per heavy atom. The average molecular weight is 358 g/mol. The van der Waals surface area contributed by atoms with Crippen LogP contribution in [0.25, 0.3) is 0 Å². The molecule has 1 aromatic carbocycles. The summed E-state index contributed by atoms with van der Waals surface area (Å²) in [7, 11) is 3.19. The fourth-order valence-corrected chi connectivity index (χ4v) is 2.83. The average Bonchev–Trinajstić information content (AvgIpc) is 2.66. The van der Waals surface area contributed by atoms with Crippen LogP contribution in [0.4, 0.5) is 11.4 Å². The highest BCUT2D eigenvalue weighted by molar-refractivity contribution is 5.95. The molecule has 0 spiro atoms. The summed E-state index contributed by atoms with van der Waals surface area (Å²) >= 11 is 0. The summed E-state index contributed by atoms with van der Waals surface area (Å²) in [5.74, 6) is 0.527. The minimum atomic E-state index is -0.242. The number of amides is 1. The number of aromatic nitrogens is 2. The summed E-state index contributed by atoms with van der Waals surface area (Å²) in [6, 6.07) is 7.29. The van der Waals surface area contributed by atoms with Gasteiger partial charge in [-0.05, 0) is 17.7 Å². The van der Waals surface area contributed by atoms with Crippen LogP contribution >= 0.6 is 0 Å². The Balaban J connectivity index is 1.78. The van der Waals surface area contributed by atoms with Crippen LogP contribution in [-0.4, -0.2) is 49.1 Å². The van der Waals surface area contributed by atoms with Crippen LogP contribution in [-0.2, 0) is 23.0 Å². The lowest BCUT2D eigenvalue weighted by atomic mass is 10.1. The zero-order valence-corrected chi connectivity index (χ0v) is 14.9.